The highest BCUT2D eigenvalue weighted by Crippen LogP contribution is 2.29. The van der Waals surface area contributed by atoms with E-state index in [1.807, 2.05) is 0 Å². The summed E-state index contributed by atoms with van der Waals surface area (Å²) >= 11 is 9.09. The summed E-state index contributed by atoms with van der Waals surface area (Å²) in [5.41, 5.74) is 0.942. The van der Waals surface area contributed by atoms with Crippen molar-refractivity contribution in [3.05, 3.63) is 76.0 Å². The van der Waals surface area contributed by atoms with Crippen LogP contribution in [-0.2, 0) is 10.0 Å². The first-order valence-electron chi connectivity index (χ1n) is 8.17. The molecule has 150 valence electrons. The van der Waals surface area contributed by atoms with Crippen molar-refractivity contribution in [1.29, 1.82) is 0 Å². The quantitative estimate of drug-likeness (QED) is 0.521. The molecule has 0 fully saturated rings. The third kappa shape index (κ3) is 5.26. The fraction of sp³-hybridized carbons (Fsp3) is 0.0526. The Morgan fingerprint density at radius 2 is 1.76 bits per heavy atom. The number of ether oxygens (including phenoxy) is 1. The molecule has 1 heterocycles. The molecule has 0 saturated carbocycles. The Bertz CT molecular complexity index is 1150. The van der Waals surface area contributed by atoms with E-state index < -0.39 is 15.9 Å². The van der Waals surface area contributed by atoms with Gasteiger partial charge in [0.15, 0.2) is 0 Å². The van der Waals surface area contributed by atoms with Crippen LogP contribution in [0.5, 0.6) is 5.75 Å². The molecule has 29 heavy (non-hydrogen) atoms. The van der Waals surface area contributed by atoms with Crippen LogP contribution in [0.2, 0.25) is 5.02 Å². The van der Waals surface area contributed by atoms with Gasteiger partial charge in [0.05, 0.1) is 12.7 Å². The third-order valence-electron chi connectivity index (χ3n) is 3.77. The molecule has 3 aromatic rings. The summed E-state index contributed by atoms with van der Waals surface area (Å²) in [7, 11) is -2.62. The largest absolute Gasteiger partial charge is 0.495 e. The number of carbonyl (C=O) groups excluding carboxylic acids is 1. The number of halogens is 2. The number of hydrogen-bond acceptors (Lipinski definition) is 5. The van der Waals surface area contributed by atoms with Crippen molar-refractivity contribution >= 4 is 54.8 Å². The number of sulfonamides is 1. The fourth-order valence-corrected chi connectivity index (χ4v) is 4.18. The Morgan fingerprint density at radius 3 is 2.41 bits per heavy atom. The van der Waals surface area contributed by atoms with E-state index in [9.17, 15) is 13.2 Å². The second kappa shape index (κ2) is 8.81. The van der Waals surface area contributed by atoms with E-state index in [1.165, 1.54) is 37.6 Å². The highest BCUT2D eigenvalue weighted by Gasteiger charge is 2.21. The molecule has 0 saturated heterocycles. The molecule has 0 bridgehead atoms. The first kappa shape index (κ1) is 21.1. The number of nitrogens with one attached hydrogen (secondary N) is 2. The van der Waals surface area contributed by atoms with Gasteiger partial charge in [0.2, 0.25) is 0 Å². The van der Waals surface area contributed by atoms with Crippen LogP contribution in [0.15, 0.2) is 70.3 Å². The molecular weight excluding hydrogens is 482 g/mol. The topological polar surface area (TPSA) is 97.4 Å². The van der Waals surface area contributed by atoms with E-state index in [-0.39, 0.29) is 16.3 Å². The molecule has 1 amide bonds. The second-order valence-corrected chi connectivity index (χ2v) is 8.83. The maximum absolute atomic E-state index is 12.9. The standard InChI is InChI=1S/C19H15BrClN3O4S/c1-28-17-7-6-16(23-19(25)12-8-13(20)11-22-10-12)9-18(17)29(26,27)24-15-4-2-14(21)3-5-15/h2-11,24H,1H3,(H,23,25). The van der Waals surface area contributed by atoms with Gasteiger partial charge in [-0.3, -0.25) is 14.5 Å². The molecule has 7 nitrogen and oxygen atoms in total. The van der Waals surface area contributed by atoms with Crippen molar-refractivity contribution in [2.75, 3.05) is 17.1 Å². The van der Waals surface area contributed by atoms with Gasteiger partial charge in [-0.1, -0.05) is 11.6 Å². The Hall–Kier alpha value is -2.62. The Labute approximate surface area is 181 Å². The number of amides is 1. The zero-order valence-corrected chi connectivity index (χ0v) is 18.2. The monoisotopic (exact) mass is 495 g/mol. The summed E-state index contributed by atoms with van der Waals surface area (Å²) < 4.78 is 34.0. The number of aromatic nitrogens is 1. The van der Waals surface area contributed by atoms with Crippen molar-refractivity contribution in [3.8, 4) is 5.75 Å². The summed E-state index contributed by atoms with van der Waals surface area (Å²) in [4.78, 5) is 16.2. The van der Waals surface area contributed by atoms with E-state index in [1.54, 1.807) is 30.5 Å². The van der Waals surface area contributed by atoms with Crippen LogP contribution in [-0.4, -0.2) is 26.4 Å². The number of carbonyl (C=O) groups is 1. The Morgan fingerprint density at radius 1 is 1.07 bits per heavy atom. The predicted molar refractivity (Wildman–Crippen MR) is 115 cm³/mol. The molecule has 2 N–H and O–H groups in total. The van der Waals surface area contributed by atoms with Gasteiger partial charge in [0.1, 0.15) is 10.6 Å². The van der Waals surface area contributed by atoms with Crippen LogP contribution in [0.3, 0.4) is 0 Å². The number of benzene rings is 2. The number of rotatable bonds is 6. The first-order valence-corrected chi connectivity index (χ1v) is 10.8. The van der Waals surface area contributed by atoms with Crippen LogP contribution in [0.4, 0.5) is 11.4 Å². The Balaban J connectivity index is 1.90. The normalized spacial score (nSPS) is 11.0. The van der Waals surface area contributed by atoms with Gasteiger partial charge in [-0.05, 0) is 64.5 Å². The molecule has 0 unspecified atom stereocenters. The summed E-state index contributed by atoms with van der Waals surface area (Å²) in [6.45, 7) is 0. The second-order valence-electron chi connectivity index (χ2n) is 5.82. The van der Waals surface area contributed by atoms with E-state index in [4.69, 9.17) is 16.3 Å². The van der Waals surface area contributed by atoms with E-state index >= 15 is 0 Å². The van der Waals surface area contributed by atoms with Crippen LogP contribution in [0.1, 0.15) is 10.4 Å². The number of hydrogen-bond donors (Lipinski definition) is 2. The van der Waals surface area contributed by atoms with Gasteiger partial charge in [0, 0.05) is 33.3 Å². The molecule has 0 aliphatic heterocycles. The van der Waals surface area contributed by atoms with E-state index in [0.717, 1.165) is 0 Å². The predicted octanol–water partition coefficient (Wildman–Crippen LogP) is 4.56. The molecule has 3 rings (SSSR count). The van der Waals surface area contributed by atoms with Gasteiger partial charge in [0.25, 0.3) is 15.9 Å². The van der Waals surface area contributed by atoms with Gasteiger partial charge >= 0.3 is 0 Å². The highest BCUT2D eigenvalue weighted by atomic mass is 79.9. The van der Waals surface area contributed by atoms with Gasteiger partial charge < -0.3 is 10.1 Å². The van der Waals surface area contributed by atoms with Crippen molar-refractivity contribution in [2.45, 2.75) is 4.90 Å². The zero-order valence-electron chi connectivity index (χ0n) is 15.0. The minimum atomic E-state index is -3.99. The molecule has 2 aromatic carbocycles. The molecule has 10 heteroatoms. The van der Waals surface area contributed by atoms with E-state index in [0.29, 0.717) is 20.7 Å². The smallest absolute Gasteiger partial charge is 0.265 e. The van der Waals surface area contributed by atoms with Crippen LogP contribution in [0.25, 0.3) is 0 Å². The SMILES string of the molecule is COc1ccc(NC(=O)c2cncc(Br)c2)cc1S(=O)(=O)Nc1ccc(Cl)cc1. The summed E-state index contributed by atoms with van der Waals surface area (Å²) in [5, 5.41) is 3.14. The van der Waals surface area contributed by atoms with Crippen molar-refractivity contribution in [1.82, 2.24) is 4.98 Å². The van der Waals surface area contributed by atoms with Gasteiger partial charge in [-0.25, -0.2) is 8.42 Å². The van der Waals surface area contributed by atoms with Crippen molar-refractivity contribution < 1.29 is 17.9 Å². The molecule has 0 aliphatic carbocycles. The average molecular weight is 497 g/mol. The molecule has 0 atom stereocenters. The van der Waals surface area contributed by atoms with Gasteiger partial charge in [-0.2, -0.15) is 0 Å². The fourth-order valence-electron chi connectivity index (χ4n) is 2.43. The lowest BCUT2D eigenvalue weighted by Crippen LogP contribution is -2.16. The summed E-state index contributed by atoms with van der Waals surface area (Å²) in [6.07, 6.45) is 2.96. The lowest BCUT2D eigenvalue weighted by molar-refractivity contribution is 0.102. The van der Waals surface area contributed by atoms with Crippen LogP contribution in [0, 0.1) is 0 Å². The number of methoxy groups -OCH3 is 1. The molecule has 1 aromatic heterocycles. The number of pyridine rings is 1. The highest BCUT2D eigenvalue weighted by molar-refractivity contribution is 9.10. The minimum Gasteiger partial charge on any atom is -0.495 e. The molecule has 0 radical (unpaired) electrons. The maximum atomic E-state index is 12.9. The third-order valence-corrected chi connectivity index (χ3v) is 5.86. The van der Waals surface area contributed by atoms with Crippen LogP contribution >= 0.6 is 27.5 Å². The lowest BCUT2D eigenvalue weighted by Gasteiger charge is -2.14. The van der Waals surface area contributed by atoms with Gasteiger partial charge in [-0.15, -0.1) is 0 Å². The van der Waals surface area contributed by atoms with E-state index in [2.05, 4.69) is 31.0 Å². The van der Waals surface area contributed by atoms with Crippen LogP contribution < -0.4 is 14.8 Å². The maximum Gasteiger partial charge on any atom is 0.265 e. The van der Waals surface area contributed by atoms with Crippen molar-refractivity contribution in [2.24, 2.45) is 0 Å². The molecular formula is C19H15BrClN3O4S. The zero-order chi connectivity index (χ0) is 21.0. The average Bonchev–Trinajstić information content (AvgIpc) is 2.69. The van der Waals surface area contributed by atoms with Crippen molar-refractivity contribution in [3.63, 3.8) is 0 Å². The lowest BCUT2D eigenvalue weighted by atomic mass is 10.2. The molecule has 0 spiro atoms. The number of anilines is 2. The summed E-state index contributed by atoms with van der Waals surface area (Å²) in [5.74, 6) is -0.299. The summed E-state index contributed by atoms with van der Waals surface area (Å²) in [6, 6.07) is 12.1. The number of nitrogens with zero attached hydrogens (tertiary/aromatic N) is 1. The molecule has 0 aliphatic rings. The first-order chi connectivity index (χ1) is 13.8. The minimum absolute atomic E-state index is 0.125. The Kier molecular flexibility index (Phi) is 6.41.